The Balaban J connectivity index is 3.21. The molecule has 36 heavy (non-hydrogen) atoms. The monoisotopic (exact) mass is 507 g/mol. The minimum absolute atomic E-state index is 0.0599. The highest BCUT2D eigenvalue weighted by Gasteiger charge is 2.01. The Morgan fingerprint density at radius 3 is 1.11 bits per heavy atom. The Morgan fingerprint density at radius 1 is 0.444 bits per heavy atom. The van der Waals surface area contributed by atoms with Gasteiger partial charge >= 0.3 is 5.97 Å². The van der Waals surface area contributed by atoms with Crippen molar-refractivity contribution in [2.45, 2.75) is 200 Å². The molecule has 2 heteroatoms. The van der Waals surface area contributed by atoms with E-state index in [2.05, 4.69) is 13.8 Å². The van der Waals surface area contributed by atoms with Gasteiger partial charge in [0, 0.05) is 6.42 Å². The normalized spacial score (nSPS) is 11.5. The zero-order valence-corrected chi connectivity index (χ0v) is 25.0. The van der Waals surface area contributed by atoms with Crippen LogP contribution in [0.2, 0.25) is 0 Å². The van der Waals surface area contributed by atoms with E-state index in [1.165, 1.54) is 161 Å². The van der Waals surface area contributed by atoms with Gasteiger partial charge in [0.05, 0.1) is 6.26 Å². The molecular formula is C34H66O2. The Labute approximate surface area is 227 Å². The third-order valence-corrected chi connectivity index (χ3v) is 7.50. The average molecular weight is 507 g/mol. The summed E-state index contributed by atoms with van der Waals surface area (Å²) in [5, 5.41) is 0. The van der Waals surface area contributed by atoms with Crippen molar-refractivity contribution in [2.24, 2.45) is 0 Å². The van der Waals surface area contributed by atoms with Crippen LogP contribution < -0.4 is 0 Å². The van der Waals surface area contributed by atoms with Gasteiger partial charge in [0.2, 0.25) is 0 Å². The zero-order chi connectivity index (χ0) is 26.2. The summed E-state index contributed by atoms with van der Waals surface area (Å²) < 4.78 is 5.25. The minimum atomic E-state index is -0.0599. The summed E-state index contributed by atoms with van der Waals surface area (Å²) in [7, 11) is 0. The molecule has 0 saturated heterocycles. The molecule has 0 unspecified atom stereocenters. The smallest absolute Gasteiger partial charge is 0.310 e. The molecule has 0 aliphatic heterocycles. The Bertz CT molecular complexity index is 442. The van der Waals surface area contributed by atoms with Crippen LogP contribution in [0.25, 0.3) is 0 Å². The van der Waals surface area contributed by atoms with Crippen LogP contribution in [0.5, 0.6) is 0 Å². The van der Waals surface area contributed by atoms with Crippen LogP contribution in [-0.4, -0.2) is 5.97 Å². The summed E-state index contributed by atoms with van der Waals surface area (Å²) in [6, 6.07) is 0. The summed E-state index contributed by atoms with van der Waals surface area (Å²) in [6.45, 7) is 4.57. The summed E-state index contributed by atoms with van der Waals surface area (Å²) in [5.74, 6) is -0.0599. The molecule has 0 atom stereocenters. The second kappa shape index (κ2) is 32.2. The minimum Gasteiger partial charge on any atom is -0.435 e. The molecule has 0 spiro atoms. The molecule has 0 fully saturated rings. The van der Waals surface area contributed by atoms with Crippen LogP contribution in [0, 0.1) is 0 Å². The van der Waals surface area contributed by atoms with Gasteiger partial charge in [0.25, 0.3) is 0 Å². The second-order valence-electron chi connectivity index (χ2n) is 11.2. The van der Waals surface area contributed by atoms with E-state index >= 15 is 0 Å². The van der Waals surface area contributed by atoms with E-state index in [-0.39, 0.29) is 5.97 Å². The highest BCUT2D eigenvalue weighted by Crippen LogP contribution is 2.14. The van der Waals surface area contributed by atoms with Gasteiger partial charge in [0.15, 0.2) is 0 Å². The van der Waals surface area contributed by atoms with Crippen LogP contribution in [0.3, 0.4) is 0 Å². The number of hydrogen-bond acceptors (Lipinski definition) is 2. The molecular weight excluding hydrogens is 440 g/mol. The van der Waals surface area contributed by atoms with Crippen LogP contribution in [0.4, 0.5) is 0 Å². The fraction of sp³-hybridized carbons (Fsp3) is 0.912. The first-order chi connectivity index (χ1) is 17.8. The van der Waals surface area contributed by atoms with Crippen molar-refractivity contribution < 1.29 is 9.53 Å². The number of carbonyl (C=O) groups excluding carboxylic acids is 1. The Hall–Kier alpha value is -0.790. The molecule has 0 aliphatic carbocycles. The largest absolute Gasteiger partial charge is 0.435 e. The molecule has 0 saturated carbocycles. The molecule has 0 rings (SSSR count). The first kappa shape index (κ1) is 35.2. The maximum Gasteiger partial charge on any atom is 0.310 e. The summed E-state index contributed by atoms with van der Waals surface area (Å²) in [4.78, 5) is 11.8. The summed E-state index contributed by atoms with van der Waals surface area (Å²) in [5.41, 5.74) is 0. The van der Waals surface area contributed by atoms with Crippen molar-refractivity contribution in [1.82, 2.24) is 0 Å². The number of esters is 1. The fourth-order valence-electron chi connectivity index (χ4n) is 4.99. The van der Waals surface area contributed by atoms with Crippen LogP contribution >= 0.6 is 0 Å². The van der Waals surface area contributed by atoms with Gasteiger partial charge in [-0.2, -0.15) is 0 Å². The predicted molar refractivity (Wildman–Crippen MR) is 160 cm³/mol. The predicted octanol–water partition coefficient (Wildman–Crippen LogP) is 12.4. The van der Waals surface area contributed by atoms with Crippen LogP contribution in [0.1, 0.15) is 200 Å². The van der Waals surface area contributed by atoms with Gasteiger partial charge in [-0.25, -0.2) is 0 Å². The summed E-state index contributed by atoms with van der Waals surface area (Å²) in [6.07, 6.45) is 42.1. The maximum atomic E-state index is 11.8. The topological polar surface area (TPSA) is 26.3 Å². The molecule has 0 N–H and O–H groups in total. The van der Waals surface area contributed by atoms with Gasteiger partial charge in [-0.3, -0.25) is 4.79 Å². The SMILES string of the molecule is CCCCCCCCCCCCCCCCC=COC(=O)CCCCCCCCCCCCCCC. The quantitative estimate of drug-likeness (QED) is 0.0550. The van der Waals surface area contributed by atoms with Crippen LogP contribution in [0.15, 0.2) is 12.3 Å². The average Bonchev–Trinajstić information content (AvgIpc) is 2.88. The van der Waals surface area contributed by atoms with Gasteiger partial charge in [-0.15, -0.1) is 0 Å². The number of hydrogen-bond donors (Lipinski definition) is 0. The molecule has 0 aromatic heterocycles. The fourth-order valence-corrected chi connectivity index (χ4v) is 4.99. The molecule has 0 amide bonds. The molecule has 0 heterocycles. The molecule has 2 nitrogen and oxygen atoms in total. The number of carbonyl (C=O) groups is 1. The highest BCUT2D eigenvalue weighted by atomic mass is 16.5. The molecule has 0 aromatic rings. The van der Waals surface area contributed by atoms with Crippen molar-refractivity contribution in [3.63, 3.8) is 0 Å². The molecule has 214 valence electrons. The lowest BCUT2D eigenvalue weighted by Gasteiger charge is -2.03. The lowest BCUT2D eigenvalue weighted by Crippen LogP contribution is -1.98. The number of ether oxygens (including phenoxy) is 1. The first-order valence-corrected chi connectivity index (χ1v) is 16.7. The van der Waals surface area contributed by atoms with E-state index in [0.717, 1.165) is 19.3 Å². The molecule has 0 aliphatic rings. The van der Waals surface area contributed by atoms with E-state index in [1.807, 2.05) is 6.08 Å². The van der Waals surface area contributed by atoms with Crippen LogP contribution in [-0.2, 0) is 9.53 Å². The lowest BCUT2D eigenvalue weighted by atomic mass is 10.0. The van der Waals surface area contributed by atoms with E-state index < -0.39 is 0 Å². The van der Waals surface area contributed by atoms with E-state index in [4.69, 9.17) is 4.74 Å². The lowest BCUT2D eigenvalue weighted by molar-refractivity contribution is -0.138. The highest BCUT2D eigenvalue weighted by molar-refractivity contribution is 5.69. The first-order valence-electron chi connectivity index (χ1n) is 16.7. The Morgan fingerprint density at radius 2 is 0.750 bits per heavy atom. The third kappa shape index (κ3) is 31.2. The molecule has 0 bridgehead atoms. The third-order valence-electron chi connectivity index (χ3n) is 7.50. The number of allylic oxidation sites excluding steroid dienone is 1. The van der Waals surface area contributed by atoms with E-state index in [9.17, 15) is 4.79 Å². The van der Waals surface area contributed by atoms with Gasteiger partial charge in [-0.1, -0.05) is 174 Å². The Kier molecular flexibility index (Phi) is 31.5. The maximum absolute atomic E-state index is 11.8. The van der Waals surface area contributed by atoms with Gasteiger partial charge in [0.1, 0.15) is 0 Å². The summed E-state index contributed by atoms with van der Waals surface area (Å²) >= 11 is 0. The molecule has 0 radical (unpaired) electrons. The van der Waals surface area contributed by atoms with E-state index in [1.54, 1.807) is 6.26 Å². The van der Waals surface area contributed by atoms with Crippen molar-refractivity contribution >= 4 is 5.97 Å². The van der Waals surface area contributed by atoms with E-state index in [0.29, 0.717) is 6.42 Å². The number of rotatable bonds is 30. The van der Waals surface area contributed by atoms with Crippen molar-refractivity contribution in [2.75, 3.05) is 0 Å². The molecule has 0 aromatic carbocycles. The van der Waals surface area contributed by atoms with Gasteiger partial charge in [-0.05, 0) is 25.3 Å². The standard InChI is InChI=1S/C34H66O2/c1-3-5-7-9-11-13-15-17-18-19-21-23-25-27-29-31-33-36-34(35)32-30-28-26-24-22-20-16-14-12-10-8-6-4-2/h31,33H,3-30,32H2,1-2H3. The number of unbranched alkanes of at least 4 members (excludes halogenated alkanes) is 26. The van der Waals surface area contributed by atoms with Crippen molar-refractivity contribution in [1.29, 1.82) is 0 Å². The van der Waals surface area contributed by atoms with Gasteiger partial charge < -0.3 is 4.74 Å². The van der Waals surface area contributed by atoms with Crippen molar-refractivity contribution in [3.05, 3.63) is 12.3 Å². The van der Waals surface area contributed by atoms with Crippen molar-refractivity contribution in [3.8, 4) is 0 Å². The second-order valence-corrected chi connectivity index (χ2v) is 11.2. The zero-order valence-electron chi connectivity index (χ0n) is 25.0.